The van der Waals surface area contributed by atoms with E-state index in [4.69, 9.17) is 10.5 Å². The van der Waals surface area contributed by atoms with E-state index in [1.165, 1.54) is 22.3 Å². The lowest BCUT2D eigenvalue weighted by atomic mass is 9.73. The van der Waals surface area contributed by atoms with Crippen molar-refractivity contribution in [1.82, 2.24) is 0 Å². The zero-order chi connectivity index (χ0) is 22.0. The lowest BCUT2D eigenvalue weighted by molar-refractivity contribution is 0.298. The molecule has 0 radical (unpaired) electrons. The Bertz CT molecular complexity index is 606. The van der Waals surface area contributed by atoms with Gasteiger partial charge in [-0.2, -0.15) is 0 Å². The molecule has 0 spiro atoms. The van der Waals surface area contributed by atoms with E-state index >= 15 is 0 Å². The topological polar surface area (TPSA) is 35.2 Å². The molecule has 1 aromatic rings. The molecule has 0 aliphatic heterocycles. The Labute approximate surface area is 175 Å². The van der Waals surface area contributed by atoms with Crippen molar-refractivity contribution in [2.24, 2.45) is 5.73 Å². The highest BCUT2D eigenvalue weighted by molar-refractivity contribution is 5.52. The standard InChI is InChI=1S/C24H41NO.C2H6/c1-9-13-19(10-2)24(7,8)21-17-20(23(4,5)6)16-18(3)22(21)26-15-12-11-14-25;1-2/h13,16-17H,9-12,14-15,25H2,1-8H3;1-2H3/b19-13+;. The van der Waals surface area contributed by atoms with Crippen LogP contribution in [0.25, 0.3) is 0 Å². The Kier molecular flexibility index (Phi) is 11.8. The molecule has 162 valence electrons. The third-order valence-electron chi connectivity index (χ3n) is 5.29. The summed E-state index contributed by atoms with van der Waals surface area (Å²) >= 11 is 0. The third kappa shape index (κ3) is 7.28. The van der Waals surface area contributed by atoms with Crippen LogP contribution in [0.1, 0.15) is 105 Å². The molecular formula is C26H47NO. The molecule has 0 saturated heterocycles. The van der Waals surface area contributed by atoms with Gasteiger partial charge in [-0.1, -0.05) is 86.1 Å². The number of allylic oxidation sites excluding steroid dienone is 2. The number of rotatable bonds is 9. The molecule has 0 heterocycles. The van der Waals surface area contributed by atoms with Crippen LogP contribution in [0, 0.1) is 6.92 Å². The number of hydrogen-bond donors (Lipinski definition) is 1. The number of hydrogen-bond acceptors (Lipinski definition) is 2. The molecule has 2 nitrogen and oxygen atoms in total. The number of aryl methyl sites for hydroxylation is 1. The Hall–Kier alpha value is -1.28. The third-order valence-corrected chi connectivity index (χ3v) is 5.29. The van der Waals surface area contributed by atoms with Crippen molar-refractivity contribution in [1.29, 1.82) is 0 Å². The van der Waals surface area contributed by atoms with Crippen molar-refractivity contribution in [2.75, 3.05) is 13.2 Å². The molecule has 0 fully saturated rings. The van der Waals surface area contributed by atoms with Crippen LogP contribution in [-0.2, 0) is 10.8 Å². The lowest BCUT2D eigenvalue weighted by Gasteiger charge is -2.33. The van der Waals surface area contributed by atoms with E-state index in [0.29, 0.717) is 0 Å². The minimum Gasteiger partial charge on any atom is -0.493 e. The second-order valence-corrected chi connectivity index (χ2v) is 8.88. The minimum atomic E-state index is -0.0417. The molecular weight excluding hydrogens is 342 g/mol. The number of nitrogens with two attached hydrogens (primary N) is 1. The van der Waals surface area contributed by atoms with Crippen molar-refractivity contribution in [2.45, 2.75) is 106 Å². The molecule has 0 aromatic heterocycles. The van der Waals surface area contributed by atoms with E-state index in [-0.39, 0.29) is 10.8 Å². The van der Waals surface area contributed by atoms with Crippen LogP contribution in [0.4, 0.5) is 0 Å². The highest BCUT2D eigenvalue weighted by atomic mass is 16.5. The van der Waals surface area contributed by atoms with E-state index < -0.39 is 0 Å². The molecule has 1 rings (SSSR count). The second-order valence-electron chi connectivity index (χ2n) is 8.88. The van der Waals surface area contributed by atoms with Gasteiger partial charge in [0.2, 0.25) is 0 Å². The summed E-state index contributed by atoms with van der Waals surface area (Å²) in [5, 5.41) is 0. The van der Waals surface area contributed by atoms with Gasteiger partial charge in [-0.25, -0.2) is 0 Å². The van der Waals surface area contributed by atoms with E-state index in [2.05, 4.69) is 73.6 Å². The second kappa shape index (κ2) is 12.3. The van der Waals surface area contributed by atoms with Crippen LogP contribution in [0.15, 0.2) is 23.8 Å². The monoisotopic (exact) mass is 389 g/mol. The van der Waals surface area contributed by atoms with Crippen LogP contribution >= 0.6 is 0 Å². The normalized spacial score (nSPS) is 12.5. The maximum atomic E-state index is 6.31. The maximum absolute atomic E-state index is 6.31. The summed E-state index contributed by atoms with van der Waals surface area (Å²) in [6, 6.07) is 4.68. The van der Waals surface area contributed by atoms with Crippen molar-refractivity contribution in [3.05, 3.63) is 40.5 Å². The lowest BCUT2D eigenvalue weighted by Crippen LogP contribution is -2.24. The molecule has 2 heteroatoms. The van der Waals surface area contributed by atoms with Crippen molar-refractivity contribution < 1.29 is 4.74 Å². The van der Waals surface area contributed by atoms with Crippen molar-refractivity contribution in [3.63, 3.8) is 0 Å². The molecule has 2 N–H and O–H groups in total. The highest BCUT2D eigenvalue weighted by Gasteiger charge is 2.30. The van der Waals surface area contributed by atoms with Crippen LogP contribution in [-0.4, -0.2) is 13.2 Å². The molecule has 0 unspecified atom stereocenters. The van der Waals surface area contributed by atoms with Gasteiger partial charge >= 0.3 is 0 Å². The SMILES string of the molecule is CC.CC/C=C(\CC)C(C)(C)c1cc(C(C)(C)C)cc(C)c1OCCCCN. The summed E-state index contributed by atoms with van der Waals surface area (Å²) in [5.74, 6) is 1.07. The zero-order valence-corrected chi connectivity index (χ0v) is 20.5. The predicted octanol–water partition coefficient (Wildman–Crippen LogP) is 7.46. The number of benzene rings is 1. The van der Waals surface area contributed by atoms with Crippen molar-refractivity contribution >= 4 is 0 Å². The molecule has 0 aliphatic rings. The quantitative estimate of drug-likeness (QED) is 0.351. The fourth-order valence-electron chi connectivity index (χ4n) is 3.54. The Morgan fingerprint density at radius 1 is 1.04 bits per heavy atom. The molecule has 28 heavy (non-hydrogen) atoms. The zero-order valence-electron chi connectivity index (χ0n) is 20.5. The summed E-state index contributed by atoms with van der Waals surface area (Å²) < 4.78 is 6.31. The van der Waals surface area contributed by atoms with Crippen LogP contribution in [0.2, 0.25) is 0 Å². The first-order chi connectivity index (χ1) is 13.1. The Morgan fingerprint density at radius 2 is 1.64 bits per heavy atom. The van der Waals surface area contributed by atoms with Crippen molar-refractivity contribution in [3.8, 4) is 5.75 Å². The average molecular weight is 390 g/mol. The summed E-state index contributed by atoms with van der Waals surface area (Å²) in [7, 11) is 0. The van der Waals surface area contributed by atoms with E-state index in [1.807, 2.05) is 13.8 Å². The smallest absolute Gasteiger partial charge is 0.126 e. The highest BCUT2D eigenvalue weighted by Crippen LogP contribution is 2.43. The molecule has 1 aromatic carbocycles. The van der Waals surface area contributed by atoms with Crippen LogP contribution in [0.3, 0.4) is 0 Å². The van der Waals surface area contributed by atoms with Gasteiger partial charge in [0, 0.05) is 11.0 Å². The van der Waals surface area contributed by atoms with Gasteiger partial charge < -0.3 is 10.5 Å². The summed E-state index contributed by atoms with van der Waals surface area (Å²) in [6.45, 7) is 23.6. The first kappa shape index (κ1) is 26.7. The number of unbranched alkanes of at least 4 members (excludes halogenated alkanes) is 1. The first-order valence-electron chi connectivity index (χ1n) is 11.3. The van der Waals surface area contributed by atoms with E-state index in [0.717, 1.165) is 44.6 Å². The van der Waals surface area contributed by atoms with Gasteiger partial charge in [-0.15, -0.1) is 0 Å². The fourth-order valence-corrected chi connectivity index (χ4v) is 3.54. The van der Waals surface area contributed by atoms with Gasteiger partial charge in [0.15, 0.2) is 0 Å². The molecule has 0 amide bonds. The van der Waals surface area contributed by atoms with Gasteiger partial charge in [0.25, 0.3) is 0 Å². The van der Waals surface area contributed by atoms with E-state index in [9.17, 15) is 0 Å². The fraction of sp³-hybridized carbons (Fsp3) is 0.692. The molecule has 0 saturated carbocycles. The predicted molar refractivity (Wildman–Crippen MR) is 127 cm³/mol. The van der Waals surface area contributed by atoms with Gasteiger partial charge in [-0.3, -0.25) is 0 Å². The van der Waals surface area contributed by atoms with Gasteiger partial charge in [-0.05, 0) is 55.7 Å². The Balaban J connectivity index is 0.00000352. The summed E-state index contributed by atoms with van der Waals surface area (Å²) in [4.78, 5) is 0. The largest absolute Gasteiger partial charge is 0.493 e. The van der Waals surface area contributed by atoms with E-state index in [1.54, 1.807) is 0 Å². The Morgan fingerprint density at radius 3 is 2.11 bits per heavy atom. The minimum absolute atomic E-state index is 0.0417. The molecule has 0 bridgehead atoms. The van der Waals surface area contributed by atoms with Crippen LogP contribution in [0.5, 0.6) is 5.75 Å². The molecule has 0 aliphatic carbocycles. The average Bonchev–Trinajstić information content (AvgIpc) is 2.64. The van der Waals surface area contributed by atoms with Gasteiger partial charge in [0.05, 0.1) is 6.61 Å². The summed E-state index contributed by atoms with van der Waals surface area (Å²) in [6.07, 6.45) is 6.52. The first-order valence-corrected chi connectivity index (χ1v) is 11.3. The number of ether oxygens (including phenoxy) is 1. The maximum Gasteiger partial charge on any atom is 0.126 e. The summed E-state index contributed by atoms with van der Waals surface area (Å²) in [5.41, 5.74) is 11.1. The van der Waals surface area contributed by atoms with Crippen LogP contribution < -0.4 is 10.5 Å². The molecule has 0 atom stereocenters. The van der Waals surface area contributed by atoms with Gasteiger partial charge in [0.1, 0.15) is 5.75 Å².